The Morgan fingerprint density at radius 2 is 1.88 bits per heavy atom. The first-order chi connectivity index (χ1) is 12.2. The fourth-order valence-corrected chi connectivity index (χ4v) is 2.59. The Hall–Kier alpha value is -2.33. The van der Waals surface area contributed by atoms with Gasteiger partial charge in [0.1, 0.15) is 11.6 Å². The van der Waals surface area contributed by atoms with E-state index in [9.17, 15) is 22.4 Å². The number of carbonyl (C=O) groups is 1. The van der Waals surface area contributed by atoms with Crippen molar-refractivity contribution < 1.29 is 32.2 Å². The first kappa shape index (κ1) is 20.0. The summed E-state index contributed by atoms with van der Waals surface area (Å²) >= 11 is 3.02. The largest absolute Gasteiger partial charge is 0.573 e. The molecule has 0 atom stereocenters. The highest BCUT2D eigenvalue weighted by Crippen LogP contribution is 2.29. The Bertz CT molecular complexity index is 800. The van der Waals surface area contributed by atoms with Gasteiger partial charge in [-0.15, -0.1) is 13.2 Å². The van der Waals surface area contributed by atoms with Crippen molar-refractivity contribution in [1.29, 1.82) is 0 Å². The summed E-state index contributed by atoms with van der Waals surface area (Å²) in [5.74, 6) is -1.11. The Kier molecular flexibility index (Phi) is 6.43. The lowest BCUT2D eigenvalue weighted by Gasteiger charge is -2.14. The van der Waals surface area contributed by atoms with Crippen LogP contribution in [0.2, 0.25) is 0 Å². The van der Waals surface area contributed by atoms with Crippen molar-refractivity contribution in [3.8, 4) is 5.75 Å². The van der Waals surface area contributed by atoms with E-state index in [-0.39, 0.29) is 28.9 Å². The first-order valence-electron chi connectivity index (χ1n) is 7.20. The van der Waals surface area contributed by atoms with Gasteiger partial charge in [0.05, 0.1) is 0 Å². The van der Waals surface area contributed by atoms with Gasteiger partial charge in [-0.3, -0.25) is 0 Å². The van der Waals surface area contributed by atoms with Crippen LogP contribution in [0.5, 0.6) is 5.75 Å². The number of halogens is 5. The van der Waals surface area contributed by atoms with Gasteiger partial charge in [-0.1, -0.05) is 22.0 Å². The van der Waals surface area contributed by atoms with E-state index in [1.807, 2.05) is 0 Å². The molecule has 2 rings (SSSR count). The predicted molar refractivity (Wildman–Crippen MR) is 90.7 cm³/mol. The molecule has 0 aliphatic heterocycles. The molecule has 0 saturated heterocycles. The minimum Gasteiger partial charge on any atom is -0.406 e. The van der Waals surface area contributed by atoms with E-state index in [0.717, 1.165) is 18.2 Å². The molecule has 0 spiro atoms. The average molecular weight is 437 g/mol. The number of rotatable bonds is 5. The second-order valence-corrected chi connectivity index (χ2v) is 5.99. The minimum atomic E-state index is -4.87. The minimum absolute atomic E-state index is 0.0243. The summed E-state index contributed by atoms with van der Waals surface area (Å²) in [5.41, 5.74) is 0.661. The summed E-state index contributed by atoms with van der Waals surface area (Å²) in [5, 5.41) is 13.7. The quantitative estimate of drug-likeness (QED) is 0.596. The van der Waals surface area contributed by atoms with Gasteiger partial charge in [-0.05, 0) is 36.2 Å². The number of ether oxygens (including phenoxy) is 1. The van der Waals surface area contributed by atoms with E-state index >= 15 is 0 Å². The maximum absolute atomic E-state index is 13.4. The molecule has 5 nitrogen and oxygen atoms in total. The van der Waals surface area contributed by atoms with Crippen molar-refractivity contribution in [1.82, 2.24) is 0 Å². The number of nitrogens with one attached hydrogen (secondary N) is 2. The normalized spacial score (nSPS) is 11.2. The standard InChI is InChI=1S/C16H13BrF4N2O3/c17-10-5-12(8-13(6-10)26-16(19,20)21)22-15(25)23-14-7-11(18)2-1-9(14)3-4-24/h1-2,5-8,24H,3-4H2,(H2,22,23,25). The van der Waals surface area contributed by atoms with Gasteiger partial charge in [-0.2, -0.15) is 0 Å². The molecule has 0 radical (unpaired) electrons. The van der Waals surface area contributed by atoms with Crippen molar-refractivity contribution in [3.05, 3.63) is 52.3 Å². The zero-order valence-corrected chi connectivity index (χ0v) is 14.6. The molecule has 0 aromatic heterocycles. The van der Waals surface area contributed by atoms with Crippen LogP contribution in [0.25, 0.3) is 0 Å². The van der Waals surface area contributed by atoms with E-state index in [1.165, 1.54) is 18.2 Å². The van der Waals surface area contributed by atoms with Gasteiger partial charge in [0.2, 0.25) is 0 Å². The molecule has 2 amide bonds. The zero-order chi connectivity index (χ0) is 19.3. The number of alkyl halides is 3. The smallest absolute Gasteiger partial charge is 0.406 e. The average Bonchev–Trinajstić information content (AvgIpc) is 2.47. The highest BCUT2D eigenvalue weighted by Gasteiger charge is 2.31. The molecule has 0 fully saturated rings. The maximum atomic E-state index is 13.4. The Morgan fingerprint density at radius 3 is 2.54 bits per heavy atom. The lowest BCUT2D eigenvalue weighted by Crippen LogP contribution is -2.21. The number of carbonyl (C=O) groups excluding carboxylic acids is 1. The molecular formula is C16H13BrF4N2O3. The zero-order valence-electron chi connectivity index (χ0n) is 13.0. The second kappa shape index (κ2) is 8.37. The lowest BCUT2D eigenvalue weighted by molar-refractivity contribution is -0.274. The molecular weight excluding hydrogens is 424 g/mol. The van der Waals surface area contributed by atoms with E-state index in [2.05, 4.69) is 31.3 Å². The molecule has 0 aliphatic carbocycles. The SMILES string of the molecule is O=C(Nc1cc(Br)cc(OC(F)(F)F)c1)Nc1cc(F)ccc1CCO. The molecule has 2 aromatic carbocycles. The predicted octanol–water partition coefficient (Wildman–Crippen LogP) is 4.67. The van der Waals surface area contributed by atoms with Crippen molar-refractivity contribution >= 4 is 33.3 Å². The summed E-state index contributed by atoms with van der Waals surface area (Å²) in [4.78, 5) is 12.1. The molecule has 0 heterocycles. The van der Waals surface area contributed by atoms with Crippen LogP contribution in [0.15, 0.2) is 40.9 Å². The molecule has 0 saturated carbocycles. The monoisotopic (exact) mass is 436 g/mol. The van der Waals surface area contributed by atoms with E-state index in [0.29, 0.717) is 5.56 Å². The maximum Gasteiger partial charge on any atom is 0.573 e. The third kappa shape index (κ3) is 6.19. The number of amides is 2. The number of aliphatic hydroxyl groups is 1. The fourth-order valence-electron chi connectivity index (χ4n) is 2.12. The molecule has 10 heteroatoms. The van der Waals surface area contributed by atoms with Crippen molar-refractivity contribution in [2.45, 2.75) is 12.8 Å². The van der Waals surface area contributed by atoms with Crippen LogP contribution < -0.4 is 15.4 Å². The highest BCUT2D eigenvalue weighted by molar-refractivity contribution is 9.10. The number of urea groups is 1. The molecule has 2 aromatic rings. The van der Waals surface area contributed by atoms with Crippen LogP contribution >= 0.6 is 15.9 Å². The van der Waals surface area contributed by atoms with Crippen LogP contribution in [-0.4, -0.2) is 24.1 Å². The van der Waals surface area contributed by atoms with Crippen molar-refractivity contribution in [3.63, 3.8) is 0 Å². The molecule has 0 aliphatic rings. The van der Waals surface area contributed by atoms with Crippen molar-refractivity contribution in [2.75, 3.05) is 17.2 Å². The van der Waals surface area contributed by atoms with Gasteiger partial charge in [-0.25, -0.2) is 9.18 Å². The molecule has 140 valence electrons. The summed E-state index contributed by atoms with van der Waals surface area (Å²) < 4.78 is 54.4. The Labute approximate surface area is 154 Å². The van der Waals surface area contributed by atoms with Gasteiger partial charge < -0.3 is 20.5 Å². The Morgan fingerprint density at radius 1 is 1.15 bits per heavy atom. The third-order valence-electron chi connectivity index (χ3n) is 3.06. The van der Waals surface area contributed by atoms with Crippen LogP contribution in [0.4, 0.5) is 33.7 Å². The lowest BCUT2D eigenvalue weighted by atomic mass is 10.1. The summed E-state index contributed by atoms with van der Waals surface area (Å²) in [6.07, 6.45) is -4.68. The number of hydrogen-bond acceptors (Lipinski definition) is 3. The number of hydrogen-bond donors (Lipinski definition) is 3. The van der Waals surface area contributed by atoms with E-state index < -0.39 is 24.0 Å². The summed E-state index contributed by atoms with van der Waals surface area (Å²) in [6.45, 7) is -0.203. The fraction of sp³-hybridized carbons (Fsp3) is 0.188. The third-order valence-corrected chi connectivity index (χ3v) is 3.52. The molecule has 0 bridgehead atoms. The van der Waals surface area contributed by atoms with E-state index in [4.69, 9.17) is 5.11 Å². The van der Waals surface area contributed by atoms with E-state index in [1.54, 1.807) is 0 Å². The van der Waals surface area contributed by atoms with Crippen LogP contribution in [0.3, 0.4) is 0 Å². The summed E-state index contributed by atoms with van der Waals surface area (Å²) in [7, 11) is 0. The van der Waals surface area contributed by atoms with Gasteiger partial charge in [0, 0.05) is 28.5 Å². The van der Waals surface area contributed by atoms with Gasteiger partial charge >= 0.3 is 12.4 Å². The van der Waals surface area contributed by atoms with Crippen molar-refractivity contribution in [2.24, 2.45) is 0 Å². The molecule has 3 N–H and O–H groups in total. The number of benzene rings is 2. The van der Waals surface area contributed by atoms with Crippen LogP contribution in [0, 0.1) is 5.82 Å². The Balaban J connectivity index is 2.14. The highest BCUT2D eigenvalue weighted by atomic mass is 79.9. The number of anilines is 2. The number of aliphatic hydroxyl groups excluding tert-OH is 1. The summed E-state index contributed by atoms with van der Waals surface area (Å²) in [6, 6.07) is 6.30. The topological polar surface area (TPSA) is 70.6 Å². The van der Waals surface area contributed by atoms with Gasteiger partial charge in [0.15, 0.2) is 0 Å². The first-order valence-corrected chi connectivity index (χ1v) is 7.99. The second-order valence-electron chi connectivity index (χ2n) is 5.08. The molecule has 26 heavy (non-hydrogen) atoms. The molecule has 0 unspecified atom stereocenters. The van der Waals surface area contributed by atoms with Gasteiger partial charge in [0.25, 0.3) is 0 Å². The van der Waals surface area contributed by atoms with Crippen LogP contribution in [-0.2, 0) is 6.42 Å². The van der Waals surface area contributed by atoms with Crippen LogP contribution in [0.1, 0.15) is 5.56 Å².